The standard InChI is InChI=1S/C14H14Cl2N4O3/c1-3-19(7-11(21)22)14(23)13-17-8(2)20(18-13)12-9(15)5-4-6-10(12)16/h4-6H,3,7H2,1-2H3,(H,21,22). The van der Waals surface area contributed by atoms with Crippen molar-refractivity contribution in [1.82, 2.24) is 19.7 Å². The summed E-state index contributed by atoms with van der Waals surface area (Å²) in [5.41, 5.74) is 0.418. The number of amides is 1. The number of hydrogen-bond donors (Lipinski definition) is 1. The van der Waals surface area contributed by atoms with E-state index in [0.717, 1.165) is 4.90 Å². The van der Waals surface area contributed by atoms with Gasteiger partial charge in [0.2, 0.25) is 5.82 Å². The normalized spacial score (nSPS) is 10.6. The number of likely N-dealkylation sites (N-methyl/N-ethyl adjacent to an activating group) is 1. The molecule has 0 saturated heterocycles. The minimum Gasteiger partial charge on any atom is -0.480 e. The fourth-order valence-corrected chi connectivity index (χ4v) is 2.57. The largest absolute Gasteiger partial charge is 0.480 e. The lowest BCUT2D eigenvalue weighted by Crippen LogP contribution is -2.36. The van der Waals surface area contributed by atoms with Crippen molar-refractivity contribution in [2.75, 3.05) is 13.1 Å². The summed E-state index contributed by atoms with van der Waals surface area (Å²) in [7, 11) is 0. The Morgan fingerprint density at radius 3 is 2.43 bits per heavy atom. The van der Waals surface area contributed by atoms with Gasteiger partial charge in [0, 0.05) is 6.54 Å². The first-order chi connectivity index (χ1) is 10.8. The van der Waals surface area contributed by atoms with E-state index in [4.69, 9.17) is 28.3 Å². The van der Waals surface area contributed by atoms with Gasteiger partial charge < -0.3 is 10.0 Å². The number of aryl methyl sites for hydroxylation is 1. The molecule has 9 heteroatoms. The molecule has 0 bridgehead atoms. The third kappa shape index (κ3) is 3.62. The van der Waals surface area contributed by atoms with Gasteiger partial charge in [-0.25, -0.2) is 9.67 Å². The smallest absolute Gasteiger partial charge is 0.323 e. The van der Waals surface area contributed by atoms with Crippen LogP contribution in [-0.4, -0.2) is 49.7 Å². The van der Waals surface area contributed by atoms with E-state index in [1.807, 2.05) is 0 Å². The Morgan fingerprint density at radius 2 is 1.91 bits per heavy atom. The minimum atomic E-state index is -1.11. The second-order valence-corrected chi connectivity index (χ2v) is 5.49. The van der Waals surface area contributed by atoms with Crippen molar-refractivity contribution in [3.63, 3.8) is 0 Å². The number of halogens is 2. The maximum Gasteiger partial charge on any atom is 0.323 e. The summed E-state index contributed by atoms with van der Waals surface area (Å²) in [6, 6.07) is 4.99. The Bertz CT molecular complexity index is 740. The van der Waals surface area contributed by atoms with Crippen LogP contribution in [0, 0.1) is 6.92 Å². The highest BCUT2D eigenvalue weighted by molar-refractivity contribution is 6.37. The summed E-state index contributed by atoms with van der Waals surface area (Å²) in [5, 5.41) is 13.7. The number of benzene rings is 1. The van der Waals surface area contributed by atoms with E-state index in [1.54, 1.807) is 32.0 Å². The van der Waals surface area contributed by atoms with Crippen LogP contribution in [0.15, 0.2) is 18.2 Å². The highest BCUT2D eigenvalue weighted by atomic mass is 35.5. The highest BCUT2D eigenvalue weighted by Crippen LogP contribution is 2.28. The van der Waals surface area contributed by atoms with Gasteiger partial charge in [-0.2, -0.15) is 0 Å². The molecule has 2 rings (SSSR count). The van der Waals surface area contributed by atoms with Gasteiger partial charge in [-0.15, -0.1) is 5.10 Å². The zero-order valence-electron chi connectivity index (χ0n) is 12.5. The van der Waals surface area contributed by atoms with Gasteiger partial charge in [-0.3, -0.25) is 9.59 Å². The van der Waals surface area contributed by atoms with Crippen molar-refractivity contribution in [2.45, 2.75) is 13.8 Å². The van der Waals surface area contributed by atoms with Crippen molar-refractivity contribution in [2.24, 2.45) is 0 Å². The number of aromatic nitrogens is 3. The van der Waals surface area contributed by atoms with Crippen molar-refractivity contribution in [3.8, 4) is 5.69 Å². The molecule has 1 aromatic carbocycles. The monoisotopic (exact) mass is 356 g/mol. The molecule has 122 valence electrons. The Hall–Kier alpha value is -2.12. The quantitative estimate of drug-likeness (QED) is 0.888. The molecule has 0 aliphatic heterocycles. The van der Waals surface area contributed by atoms with Gasteiger partial charge in [0.25, 0.3) is 5.91 Å². The van der Waals surface area contributed by atoms with Crippen LogP contribution in [0.4, 0.5) is 0 Å². The van der Waals surface area contributed by atoms with Gasteiger partial charge in [0.05, 0.1) is 10.0 Å². The zero-order chi connectivity index (χ0) is 17.1. The summed E-state index contributed by atoms with van der Waals surface area (Å²) in [4.78, 5) is 28.4. The first-order valence-electron chi connectivity index (χ1n) is 6.74. The van der Waals surface area contributed by atoms with Crippen molar-refractivity contribution >= 4 is 35.1 Å². The average Bonchev–Trinajstić information content (AvgIpc) is 2.85. The Labute approximate surface area is 142 Å². The van der Waals surface area contributed by atoms with Crippen LogP contribution < -0.4 is 0 Å². The molecule has 1 N–H and O–H groups in total. The molecule has 0 atom stereocenters. The SMILES string of the molecule is CCN(CC(=O)O)C(=O)c1nc(C)n(-c2c(Cl)cccc2Cl)n1. The van der Waals surface area contributed by atoms with E-state index in [9.17, 15) is 9.59 Å². The number of rotatable bonds is 5. The zero-order valence-corrected chi connectivity index (χ0v) is 14.0. The molecule has 23 heavy (non-hydrogen) atoms. The van der Waals surface area contributed by atoms with Crippen LogP contribution in [0.2, 0.25) is 10.0 Å². The van der Waals surface area contributed by atoms with Crippen LogP contribution in [0.3, 0.4) is 0 Å². The molecule has 1 amide bonds. The predicted molar refractivity (Wildman–Crippen MR) is 85.3 cm³/mol. The topological polar surface area (TPSA) is 88.3 Å². The lowest BCUT2D eigenvalue weighted by atomic mass is 10.3. The van der Waals surface area contributed by atoms with Gasteiger partial charge in [-0.1, -0.05) is 29.3 Å². The van der Waals surface area contributed by atoms with Crippen LogP contribution in [0.1, 0.15) is 23.4 Å². The van der Waals surface area contributed by atoms with Crippen LogP contribution >= 0.6 is 23.2 Å². The second kappa shape index (κ2) is 6.97. The first-order valence-corrected chi connectivity index (χ1v) is 7.49. The molecular weight excluding hydrogens is 343 g/mol. The molecule has 0 fully saturated rings. The highest BCUT2D eigenvalue weighted by Gasteiger charge is 2.23. The molecule has 0 spiro atoms. The molecule has 0 saturated carbocycles. The number of carbonyl (C=O) groups is 2. The molecule has 1 heterocycles. The summed E-state index contributed by atoms with van der Waals surface area (Å²) < 4.78 is 1.37. The molecule has 2 aromatic rings. The molecule has 0 radical (unpaired) electrons. The second-order valence-electron chi connectivity index (χ2n) is 4.68. The van der Waals surface area contributed by atoms with Crippen molar-refractivity contribution in [1.29, 1.82) is 0 Å². The number of nitrogens with zero attached hydrogens (tertiary/aromatic N) is 4. The van der Waals surface area contributed by atoms with Gasteiger partial charge in [0.1, 0.15) is 18.1 Å². The van der Waals surface area contributed by atoms with E-state index in [0.29, 0.717) is 21.6 Å². The lowest BCUT2D eigenvalue weighted by molar-refractivity contribution is -0.137. The average molecular weight is 357 g/mol. The third-order valence-corrected chi connectivity index (χ3v) is 3.71. The Kier molecular flexibility index (Phi) is 5.23. The predicted octanol–water partition coefficient (Wildman–Crippen LogP) is 2.43. The molecule has 0 unspecified atom stereocenters. The number of carboxylic acid groups (broad SMARTS) is 1. The van der Waals surface area contributed by atoms with Crippen LogP contribution in [0.25, 0.3) is 5.69 Å². The molecule has 0 aliphatic carbocycles. The fourth-order valence-electron chi connectivity index (χ4n) is 2.02. The lowest BCUT2D eigenvalue weighted by Gasteiger charge is -2.16. The molecular formula is C14H14Cl2N4O3. The number of carboxylic acids is 1. The van der Waals surface area contributed by atoms with Gasteiger partial charge in [0.15, 0.2) is 0 Å². The van der Waals surface area contributed by atoms with Gasteiger partial charge >= 0.3 is 5.97 Å². The number of carbonyl (C=O) groups excluding carboxylic acids is 1. The maximum atomic E-state index is 12.3. The number of hydrogen-bond acceptors (Lipinski definition) is 4. The summed E-state index contributed by atoms with van der Waals surface area (Å²) in [5.74, 6) is -1.37. The number of para-hydroxylation sites is 1. The molecule has 1 aromatic heterocycles. The van der Waals surface area contributed by atoms with Gasteiger partial charge in [-0.05, 0) is 26.0 Å². The van der Waals surface area contributed by atoms with E-state index >= 15 is 0 Å². The minimum absolute atomic E-state index is 0.110. The number of aliphatic carboxylic acids is 1. The third-order valence-electron chi connectivity index (χ3n) is 3.10. The van der Waals surface area contributed by atoms with E-state index in [-0.39, 0.29) is 12.4 Å². The molecule has 0 aliphatic rings. The summed E-state index contributed by atoms with van der Waals surface area (Å²) in [6.07, 6.45) is 0. The Morgan fingerprint density at radius 1 is 1.30 bits per heavy atom. The molecule has 7 nitrogen and oxygen atoms in total. The first kappa shape index (κ1) is 17.2. The maximum absolute atomic E-state index is 12.3. The van der Waals surface area contributed by atoms with Crippen LogP contribution in [-0.2, 0) is 4.79 Å². The fraction of sp³-hybridized carbons (Fsp3) is 0.286. The van der Waals surface area contributed by atoms with E-state index in [2.05, 4.69) is 10.1 Å². The Balaban J connectivity index is 2.42. The summed E-state index contributed by atoms with van der Waals surface area (Å²) >= 11 is 12.3. The van der Waals surface area contributed by atoms with Crippen LogP contribution in [0.5, 0.6) is 0 Å². The van der Waals surface area contributed by atoms with E-state index in [1.165, 1.54) is 4.68 Å². The van der Waals surface area contributed by atoms with Crippen molar-refractivity contribution in [3.05, 3.63) is 39.9 Å². The van der Waals surface area contributed by atoms with Crippen molar-refractivity contribution < 1.29 is 14.7 Å². The summed E-state index contributed by atoms with van der Waals surface area (Å²) in [6.45, 7) is 3.13. The van der Waals surface area contributed by atoms with E-state index < -0.39 is 18.4 Å².